The summed E-state index contributed by atoms with van der Waals surface area (Å²) in [5.74, 6) is 1.50. The van der Waals surface area contributed by atoms with E-state index >= 15 is 0 Å². The molecule has 0 radical (unpaired) electrons. The molecule has 4 aliphatic rings. The SMILES string of the molecule is CC1CN(C(=O)OC2(C)CC2)CCC1COC1CN(c2ncc3c(n2)CCN(S(C)(=O)=O)C3)C1. The molecule has 2 atom stereocenters. The van der Waals surface area contributed by atoms with Gasteiger partial charge in [0, 0.05) is 57.4 Å². The highest BCUT2D eigenvalue weighted by molar-refractivity contribution is 7.88. The molecule has 0 spiro atoms. The summed E-state index contributed by atoms with van der Waals surface area (Å²) in [5.41, 5.74) is 1.59. The van der Waals surface area contributed by atoms with E-state index in [2.05, 4.69) is 16.8 Å². The zero-order chi connectivity index (χ0) is 24.1. The fraction of sp³-hybridized carbons (Fsp3) is 0.783. The molecular formula is C23H35N5O5S. The smallest absolute Gasteiger partial charge is 0.410 e. The van der Waals surface area contributed by atoms with Gasteiger partial charge in [-0.3, -0.25) is 0 Å². The van der Waals surface area contributed by atoms with E-state index in [9.17, 15) is 13.2 Å². The summed E-state index contributed by atoms with van der Waals surface area (Å²) in [6.45, 7) is 8.65. The number of hydrogen-bond donors (Lipinski definition) is 0. The Labute approximate surface area is 201 Å². The second-order valence-corrected chi connectivity index (χ2v) is 12.6. The third-order valence-electron chi connectivity index (χ3n) is 7.66. The molecule has 1 aliphatic carbocycles. The van der Waals surface area contributed by atoms with Crippen LogP contribution in [0.3, 0.4) is 0 Å². The predicted molar refractivity (Wildman–Crippen MR) is 126 cm³/mol. The lowest BCUT2D eigenvalue weighted by Crippen LogP contribution is -2.54. The maximum absolute atomic E-state index is 12.4. The van der Waals surface area contributed by atoms with Crippen molar-refractivity contribution in [3.8, 4) is 0 Å². The molecule has 1 aromatic heterocycles. The number of carbonyl (C=O) groups excluding carboxylic acids is 1. The van der Waals surface area contributed by atoms with E-state index < -0.39 is 10.0 Å². The van der Waals surface area contributed by atoms with Crippen molar-refractivity contribution in [3.63, 3.8) is 0 Å². The van der Waals surface area contributed by atoms with Crippen LogP contribution in [0.1, 0.15) is 44.4 Å². The molecule has 5 rings (SSSR count). The van der Waals surface area contributed by atoms with E-state index in [1.54, 1.807) is 6.20 Å². The molecule has 188 valence electrons. The van der Waals surface area contributed by atoms with E-state index in [0.717, 1.165) is 56.7 Å². The summed E-state index contributed by atoms with van der Waals surface area (Å²) < 4.78 is 36.9. The molecule has 1 amide bonds. The van der Waals surface area contributed by atoms with E-state index in [1.165, 1.54) is 10.6 Å². The van der Waals surface area contributed by atoms with E-state index in [-0.39, 0.29) is 17.8 Å². The van der Waals surface area contributed by atoms with Crippen molar-refractivity contribution < 1.29 is 22.7 Å². The minimum absolute atomic E-state index is 0.158. The Morgan fingerprint density at radius 2 is 2.00 bits per heavy atom. The molecule has 2 saturated heterocycles. The topological polar surface area (TPSA) is 105 Å². The van der Waals surface area contributed by atoms with Crippen LogP contribution in [0.15, 0.2) is 6.20 Å². The molecule has 0 N–H and O–H groups in total. The Kier molecular flexibility index (Phi) is 6.22. The molecule has 3 fully saturated rings. The van der Waals surface area contributed by atoms with Gasteiger partial charge in [0.15, 0.2) is 0 Å². The van der Waals surface area contributed by atoms with Crippen LogP contribution in [-0.4, -0.2) is 91.0 Å². The molecule has 0 aromatic carbocycles. The van der Waals surface area contributed by atoms with Crippen LogP contribution < -0.4 is 4.90 Å². The first kappa shape index (κ1) is 23.7. The van der Waals surface area contributed by atoms with Crippen molar-refractivity contribution in [1.82, 2.24) is 19.2 Å². The number of carbonyl (C=O) groups is 1. The normalized spacial score (nSPS) is 27.1. The summed E-state index contributed by atoms with van der Waals surface area (Å²) in [6.07, 6.45) is 6.45. The van der Waals surface area contributed by atoms with Crippen LogP contribution in [0, 0.1) is 11.8 Å². The summed E-state index contributed by atoms with van der Waals surface area (Å²) in [4.78, 5) is 25.5. The fourth-order valence-corrected chi connectivity index (χ4v) is 5.64. The van der Waals surface area contributed by atoms with Gasteiger partial charge >= 0.3 is 6.09 Å². The highest BCUT2D eigenvalue weighted by Gasteiger charge is 2.43. The van der Waals surface area contributed by atoms with Crippen molar-refractivity contribution in [2.24, 2.45) is 11.8 Å². The zero-order valence-corrected chi connectivity index (χ0v) is 21.1. The standard InChI is InChI=1S/C23H35N5O5S/c1-16-11-26(22(29)33-23(2)6-7-23)8-4-17(16)15-32-19-13-27(14-19)21-24-10-18-12-28(34(3,30)31)9-5-20(18)25-21/h10,16-17,19H,4-9,11-15H2,1-3H3. The van der Waals surface area contributed by atoms with Gasteiger partial charge in [0.1, 0.15) is 5.60 Å². The zero-order valence-electron chi connectivity index (χ0n) is 20.3. The maximum Gasteiger partial charge on any atom is 0.410 e. The molecule has 10 nitrogen and oxygen atoms in total. The minimum atomic E-state index is -3.20. The largest absolute Gasteiger partial charge is 0.443 e. The summed E-state index contributed by atoms with van der Waals surface area (Å²) in [7, 11) is -3.20. The number of nitrogens with zero attached hydrogens (tertiary/aromatic N) is 5. The number of likely N-dealkylation sites (tertiary alicyclic amines) is 1. The molecule has 1 aromatic rings. The van der Waals surface area contributed by atoms with Crippen molar-refractivity contribution in [2.45, 2.75) is 57.8 Å². The van der Waals surface area contributed by atoms with Crippen LogP contribution in [0.5, 0.6) is 0 Å². The second-order valence-electron chi connectivity index (χ2n) is 10.6. The van der Waals surface area contributed by atoms with Gasteiger partial charge in [-0.05, 0) is 38.0 Å². The molecule has 3 aliphatic heterocycles. The third-order valence-corrected chi connectivity index (χ3v) is 8.91. The molecule has 1 saturated carbocycles. The summed E-state index contributed by atoms with van der Waals surface area (Å²) in [5, 5.41) is 0. The first-order chi connectivity index (χ1) is 16.1. The van der Waals surface area contributed by atoms with Crippen LogP contribution >= 0.6 is 0 Å². The predicted octanol–water partition coefficient (Wildman–Crippen LogP) is 1.65. The quantitative estimate of drug-likeness (QED) is 0.589. The Morgan fingerprint density at radius 1 is 1.24 bits per heavy atom. The number of aromatic nitrogens is 2. The Hall–Kier alpha value is -1.98. The number of rotatable bonds is 6. The first-order valence-corrected chi connectivity index (χ1v) is 14.1. The Morgan fingerprint density at radius 3 is 2.68 bits per heavy atom. The van der Waals surface area contributed by atoms with Gasteiger partial charge in [0.05, 0.1) is 24.7 Å². The van der Waals surface area contributed by atoms with Crippen LogP contribution in [-0.2, 0) is 32.5 Å². The second kappa shape index (κ2) is 8.91. The number of fused-ring (bicyclic) bond motifs is 1. The van der Waals surface area contributed by atoms with Crippen LogP contribution in [0.25, 0.3) is 0 Å². The number of anilines is 1. The number of amides is 1. The van der Waals surface area contributed by atoms with Gasteiger partial charge in [-0.15, -0.1) is 0 Å². The Bertz CT molecular complexity index is 1040. The maximum atomic E-state index is 12.4. The molecule has 11 heteroatoms. The molecule has 0 bridgehead atoms. The average Bonchev–Trinajstić information content (AvgIpc) is 3.48. The minimum Gasteiger partial charge on any atom is -0.443 e. The lowest BCUT2D eigenvalue weighted by Gasteiger charge is -2.41. The molecule has 34 heavy (non-hydrogen) atoms. The third kappa shape index (κ3) is 5.16. The van der Waals surface area contributed by atoms with Gasteiger partial charge in [-0.25, -0.2) is 23.2 Å². The van der Waals surface area contributed by atoms with E-state index in [4.69, 9.17) is 14.5 Å². The average molecular weight is 494 g/mol. The summed E-state index contributed by atoms with van der Waals surface area (Å²) in [6, 6.07) is 0. The number of piperidine rings is 1. The molecule has 2 unspecified atom stereocenters. The van der Waals surface area contributed by atoms with Gasteiger partial charge < -0.3 is 19.3 Å². The number of hydrogen-bond acceptors (Lipinski definition) is 8. The van der Waals surface area contributed by atoms with Gasteiger partial charge in [0.2, 0.25) is 16.0 Å². The summed E-state index contributed by atoms with van der Waals surface area (Å²) >= 11 is 0. The van der Waals surface area contributed by atoms with Gasteiger partial charge in [-0.1, -0.05) is 6.92 Å². The highest BCUT2D eigenvalue weighted by atomic mass is 32.2. The van der Waals surface area contributed by atoms with Crippen molar-refractivity contribution in [1.29, 1.82) is 0 Å². The Balaban J connectivity index is 1.05. The molecule has 4 heterocycles. The van der Waals surface area contributed by atoms with E-state index in [0.29, 0.717) is 43.9 Å². The van der Waals surface area contributed by atoms with Crippen molar-refractivity contribution in [2.75, 3.05) is 50.5 Å². The monoisotopic (exact) mass is 493 g/mol. The number of sulfonamides is 1. The lowest BCUT2D eigenvalue weighted by atomic mass is 9.87. The van der Waals surface area contributed by atoms with Gasteiger partial charge in [-0.2, -0.15) is 4.31 Å². The molecular weight excluding hydrogens is 458 g/mol. The van der Waals surface area contributed by atoms with Crippen molar-refractivity contribution in [3.05, 3.63) is 17.5 Å². The fourth-order valence-electron chi connectivity index (χ4n) is 4.84. The van der Waals surface area contributed by atoms with Crippen molar-refractivity contribution >= 4 is 22.1 Å². The lowest BCUT2D eigenvalue weighted by molar-refractivity contribution is -0.0199. The van der Waals surface area contributed by atoms with Crippen LogP contribution in [0.4, 0.5) is 10.7 Å². The van der Waals surface area contributed by atoms with Crippen LogP contribution in [0.2, 0.25) is 0 Å². The number of ether oxygens (including phenoxy) is 2. The first-order valence-electron chi connectivity index (χ1n) is 12.2. The van der Waals surface area contributed by atoms with E-state index in [1.807, 2.05) is 11.8 Å². The van der Waals surface area contributed by atoms with Gasteiger partial charge in [0.25, 0.3) is 0 Å². The highest BCUT2D eigenvalue weighted by Crippen LogP contribution is 2.39.